The first-order valence-electron chi connectivity index (χ1n) is 7.51. The first-order chi connectivity index (χ1) is 11.8. The van der Waals surface area contributed by atoms with E-state index in [2.05, 4.69) is 25.4 Å². The second kappa shape index (κ2) is 5.96. The highest BCUT2D eigenvalue weighted by atomic mass is 15.2. The second-order valence-electron chi connectivity index (χ2n) is 5.24. The summed E-state index contributed by atoms with van der Waals surface area (Å²) in [5.74, 6) is 1.67. The summed E-state index contributed by atoms with van der Waals surface area (Å²) in [6.45, 7) is 0.595. The molecule has 3 N–H and O–H groups in total. The first-order valence-corrected chi connectivity index (χ1v) is 7.51. The Morgan fingerprint density at radius 1 is 0.958 bits per heavy atom. The predicted molar refractivity (Wildman–Crippen MR) is 92.2 cm³/mol. The summed E-state index contributed by atoms with van der Waals surface area (Å²) in [6, 6.07) is 13.5. The molecule has 0 fully saturated rings. The highest BCUT2D eigenvalue weighted by Crippen LogP contribution is 2.20. The zero-order valence-corrected chi connectivity index (χ0v) is 12.8. The highest BCUT2D eigenvalue weighted by molar-refractivity contribution is 5.68. The SMILES string of the molecule is Nc1ncccc1-c1nccc(NCc2cccc3ccnn23)n1. The summed E-state index contributed by atoms with van der Waals surface area (Å²) in [6.07, 6.45) is 5.13. The van der Waals surface area contributed by atoms with Gasteiger partial charge in [0.25, 0.3) is 0 Å². The van der Waals surface area contributed by atoms with E-state index in [1.807, 2.05) is 47.0 Å². The lowest BCUT2D eigenvalue weighted by Gasteiger charge is -2.09. The number of aromatic nitrogens is 5. The molecule has 0 aromatic carbocycles. The van der Waals surface area contributed by atoms with E-state index < -0.39 is 0 Å². The number of nitrogens with zero attached hydrogens (tertiary/aromatic N) is 5. The third-order valence-electron chi connectivity index (χ3n) is 3.69. The summed E-state index contributed by atoms with van der Waals surface area (Å²) in [5.41, 5.74) is 8.71. The van der Waals surface area contributed by atoms with Crippen LogP contribution in [0.1, 0.15) is 5.69 Å². The van der Waals surface area contributed by atoms with Crippen LogP contribution in [0.25, 0.3) is 16.9 Å². The van der Waals surface area contributed by atoms with E-state index in [-0.39, 0.29) is 0 Å². The van der Waals surface area contributed by atoms with Crippen molar-refractivity contribution in [3.8, 4) is 11.4 Å². The lowest BCUT2D eigenvalue weighted by Crippen LogP contribution is -2.07. The molecule has 0 spiro atoms. The molecule has 0 atom stereocenters. The lowest BCUT2D eigenvalue weighted by atomic mass is 10.2. The molecule has 0 unspecified atom stereocenters. The highest BCUT2D eigenvalue weighted by Gasteiger charge is 2.07. The van der Waals surface area contributed by atoms with Crippen LogP contribution < -0.4 is 11.1 Å². The summed E-state index contributed by atoms with van der Waals surface area (Å²) in [4.78, 5) is 12.9. The molecule has 118 valence electrons. The summed E-state index contributed by atoms with van der Waals surface area (Å²) >= 11 is 0. The maximum Gasteiger partial charge on any atom is 0.165 e. The molecule has 24 heavy (non-hydrogen) atoms. The minimum Gasteiger partial charge on any atom is -0.383 e. The molecule has 0 saturated heterocycles. The van der Waals surface area contributed by atoms with E-state index in [1.165, 1.54) is 0 Å². The molecule has 0 aliphatic rings. The molecule has 0 aliphatic carbocycles. The quantitative estimate of drug-likeness (QED) is 0.600. The normalized spacial score (nSPS) is 10.8. The van der Waals surface area contributed by atoms with Gasteiger partial charge in [0.05, 0.1) is 23.3 Å². The fraction of sp³-hybridized carbons (Fsp3) is 0.0588. The number of anilines is 2. The molecular formula is C17H15N7. The molecule has 4 aromatic rings. The van der Waals surface area contributed by atoms with Crippen LogP contribution in [0.15, 0.2) is 61.1 Å². The Morgan fingerprint density at radius 3 is 2.83 bits per heavy atom. The van der Waals surface area contributed by atoms with E-state index in [9.17, 15) is 0 Å². The average molecular weight is 317 g/mol. The molecule has 7 nitrogen and oxygen atoms in total. The molecule has 4 rings (SSSR count). The maximum atomic E-state index is 5.89. The second-order valence-corrected chi connectivity index (χ2v) is 5.24. The van der Waals surface area contributed by atoms with Crippen LogP contribution in [-0.2, 0) is 6.54 Å². The van der Waals surface area contributed by atoms with Crippen molar-refractivity contribution in [3.05, 3.63) is 66.7 Å². The topological polar surface area (TPSA) is 94.0 Å². The van der Waals surface area contributed by atoms with Crippen molar-refractivity contribution in [2.45, 2.75) is 6.54 Å². The lowest BCUT2D eigenvalue weighted by molar-refractivity contribution is 0.867. The van der Waals surface area contributed by atoms with Crippen molar-refractivity contribution >= 4 is 17.2 Å². The Morgan fingerprint density at radius 2 is 1.92 bits per heavy atom. The monoisotopic (exact) mass is 317 g/mol. The van der Waals surface area contributed by atoms with Gasteiger partial charge in [-0.2, -0.15) is 5.10 Å². The van der Waals surface area contributed by atoms with E-state index >= 15 is 0 Å². The van der Waals surface area contributed by atoms with Crippen molar-refractivity contribution in [1.29, 1.82) is 0 Å². The van der Waals surface area contributed by atoms with Crippen LogP contribution >= 0.6 is 0 Å². The Hall–Kier alpha value is -3.48. The Kier molecular flexibility index (Phi) is 3.51. The van der Waals surface area contributed by atoms with Crippen molar-refractivity contribution in [2.24, 2.45) is 0 Å². The van der Waals surface area contributed by atoms with Crippen molar-refractivity contribution < 1.29 is 0 Å². The fourth-order valence-corrected chi connectivity index (χ4v) is 2.52. The van der Waals surface area contributed by atoms with E-state index in [1.54, 1.807) is 18.6 Å². The van der Waals surface area contributed by atoms with Gasteiger partial charge in [0.1, 0.15) is 11.6 Å². The molecule has 7 heteroatoms. The van der Waals surface area contributed by atoms with Gasteiger partial charge in [-0.05, 0) is 36.4 Å². The largest absolute Gasteiger partial charge is 0.383 e. The number of nitrogen functional groups attached to an aromatic ring is 1. The number of hydrogen-bond donors (Lipinski definition) is 2. The minimum absolute atomic E-state index is 0.413. The number of fused-ring (bicyclic) bond motifs is 1. The fourth-order valence-electron chi connectivity index (χ4n) is 2.52. The average Bonchev–Trinajstić information content (AvgIpc) is 3.10. The number of nitrogens with one attached hydrogen (secondary N) is 1. The standard InChI is InChI=1S/C17H15N7/c18-16-14(5-2-8-19-16)17-20-9-7-15(23-17)21-11-13-4-1-3-12-6-10-22-24(12)13/h1-10H,11H2,(H2,18,19)(H,20,21,23). The zero-order valence-electron chi connectivity index (χ0n) is 12.8. The van der Waals surface area contributed by atoms with Gasteiger partial charge >= 0.3 is 0 Å². The van der Waals surface area contributed by atoms with Gasteiger partial charge in [-0.3, -0.25) is 0 Å². The molecule has 0 radical (unpaired) electrons. The number of pyridine rings is 2. The predicted octanol–water partition coefficient (Wildman–Crippen LogP) is 2.38. The third-order valence-corrected chi connectivity index (χ3v) is 3.69. The zero-order chi connectivity index (χ0) is 16.4. The molecule has 0 bridgehead atoms. The van der Waals surface area contributed by atoms with Crippen LogP contribution in [0.3, 0.4) is 0 Å². The van der Waals surface area contributed by atoms with Gasteiger partial charge in [0, 0.05) is 18.6 Å². The third kappa shape index (κ3) is 2.63. The molecule has 4 heterocycles. The van der Waals surface area contributed by atoms with Crippen LogP contribution in [0.5, 0.6) is 0 Å². The number of hydrogen-bond acceptors (Lipinski definition) is 6. The smallest absolute Gasteiger partial charge is 0.165 e. The van der Waals surface area contributed by atoms with E-state index in [0.29, 0.717) is 24.0 Å². The van der Waals surface area contributed by atoms with Crippen LogP contribution in [-0.4, -0.2) is 24.6 Å². The molecular weight excluding hydrogens is 302 g/mol. The first kappa shape index (κ1) is 14.1. The maximum absolute atomic E-state index is 5.89. The van der Waals surface area contributed by atoms with Crippen molar-refractivity contribution in [1.82, 2.24) is 24.6 Å². The van der Waals surface area contributed by atoms with Gasteiger partial charge in [0.15, 0.2) is 5.82 Å². The minimum atomic E-state index is 0.413. The summed E-state index contributed by atoms with van der Waals surface area (Å²) in [7, 11) is 0. The number of rotatable bonds is 4. The van der Waals surface area contributed by atoms with Gasteiger partial charge in [-0.15, -0.1) is 0 Å². The Bertz CT molecular complexity index is 993. The van der Waals surface area contributed by atoms with Crippen LogP contribution in [0.2, 0.25) is 0 Å². The summed E-state index contributed by atoms with van der Waals surface area (Å²) < 4.78 is 1.90. The Balaban J connectivity index is 1.59. The molecule has 4 aromatic heterocycles. The van der Waals surface area contributed by atoms with Gasteiger partial charge in [-0.1, -0.05) is 6.07 Å². The van der Waals surface area contributed by atoms with E-state index in [0.717, 1.165) is 16.8 Å². The number of nitrogens with two attached hydrogens (primary N) is 1. The summed E-state index contributed by atoms with van der Waals surface area (Å²) in [5, 5.41) is 7.63. The van der Waals surface area contributed by atoms with Crippen LogP contribution in [0.4, 0.5) is 11.6 Å². The van der Waals surface area contributed by atoms with Gasteiger partial charge in [0.2, 0.25) is 0 Å². The van der Waals surface area contributed by atoms with Crippen molar-refractivity contribution in [2.75, 3.05) is 11.1 Å². The van der Waals surface area contributed by atoms with Crippen LogP contribution in [0, 0.1) is 0 Å². The molecule has 0 amide bonds. The Labute approximate surface area is 138 Å². The van der Waals surface area contributed by atoms with Gasteiger partial charge in [-0.25, -0.2) is 19.5 Å². The van der Waals surface area contributed by atoms with Crippen molar-refractivity contribution in [3.63, 3.8) is 0 Å². The van der Waals surface area contributed by atoms with Gasteiger partial charge < -0.3 is 11.1 Å². The molecule has 0 aliphatic heterocycles. The van der Waals surface area contributed by atoms with E-state index in [4.69, 9.17) is 5.73 Å². The molecule has 0 saturated carbocycles.